The average Bonchev–Trinajstić information content (AvgIpc) is 3.43. The number of H-pyrrole nitrogens is 1. The normalized spacial score (nSPS) is 17.7. The van der Waals surface area contributed by atoms with Crippen molar-refractivity contribution in [3.05, 3.63) is 88.4 Å². The van der Waals surface area contributed by atoms with E-state index < -0.39 is 0 Å². The van der Waals surface area contributed by atoms with Crippen LogP contribution in [0.25, 0.3) is 11.0 Å². The van der Waals surface area contributed by atoms with Gasteiger partial charge in [0.05, 0.1) is 11.0 Å². The molecule has 0 saturated carbocycles. The number of carbonyl (C=O) groups is 1. The van der Waals surface area contributed by atoms with E-state index >= 15 is 0 Å². The third-order valence-corrected chi connectivity index (χ3v) is 6.29. The Morgan fingerprint density at radius 1 is 1.03 bits per heavy atom. The number of nitrogens with one attached hydrogen (secondary N) is 1. The quantitative estimate of drug-likeness (QED) is 0.553. The minimum absolute atomic E-state index is 0.0619. The van der Waals surface area contributed by atoms with E-state index in [9.17, 15) is 4.79 Å². The third kappa shape index (κ3) is 3.69. The number of hydrogen-bond donors (Lipinski definition) is 1. The number of amides is 1. The summed E-state index contributed by atoms with van der Waals surface area (Å²) in [4.78, 5) is 27.3. The molecule has 1 unspecified atom stereocenters. The van der Waals surface area contributed by atoms with Crippen LogP contribution in [0.15, 0.2) is 72.1 Å². The van der Waals surface area contributed by atoms with Crippen molar-refractivity contribution in [2.24, 2.45) is 0 Å². The summed E-state index contributed by atoms with van der Waals surface area (Å²) in [6, 6.07) is 21.7. The van der Waals surface area contributed by atoms with Crippen molar-refractivity contribution in [2.75, 3.05) is 19.6 Å². The first-order chi connectivity index (χ1) is 14.3. The molecule has 0 spiro atoms. The zero-order valence-electron chi connectivity index (χ0n) is 16.0. The Morgan fingerprint density at radius 3 is 2.66 bits per heavy atom. The van der Waals surface area contributed by atoms with E-state index in [0.717, 1.165) is 42.1 Å². The molecule has 0 aliphatic carbocycles. The molecular formula is C23H22N4OS. The maximum atomic E-state index is 13.3. The van der Waals surface area contributed by atoms with Crippen LogP contribution >= 0.6 is 11.3 Å². The number of rotatable bonds is 4. The molecule has 6 heteroatoms. The molecule has 1 saturated heterocycles. The van der Waals surface area contributed by atoms with Crippen LogP contribution in [0.3, 0.4) is 0 Å². The summed E-state index contributed by atoms with van der Waals surface area (Å²) in [6.07, 6.45) is 0. The molecule has 5 rings (SSSR count). The van der Waals surface area contributed by atoms with Gasteiger partial charge in [-0.3, -0.25) is 9.69 Å². The van der Waals surface area contributed by atoms with E-state index in [0.29, 0.717) is 6.54 Å². The van der Waals surface area contributed by atoms with Crippen LogP contribution in [0.5, 0.6) is 0 Å². The lowest BCUT2D eigenvalue weighted by Crippen LogP contribution is -2.50. The molecule has 4 aromatic rings. The summed E-state index contributed by atoms with van der Waals surface area (Å²) >= 11 is 1.78. The number of fused-ring (bicyclic) bond motifs is 1. The monoisotopic (exact) mass is 402 g/mol. The number of aromatic nitrogens is 2. The van der Waals surface area contributed by atoms with Gasteiger partial charge in [0.15, 0.2) is 0 Å². The van der Waals surface area contributed by atoms with Gasteiger partial charge in [-0.2, -0.15) is 0 Å². The fraction of sp³-hybridized carbons (Fsp3) is 0.217. The molecule has 1 fully saturated rings. The highest BCUT2D eigenvalue weighted by molar-refractivity contribution is 7.09. The van der Waals surface area contributed by atoms with E-state index in [1.165, 1.54) is 4.88 Å². The summed E-state index contributed by atoms with van der Waals surface area (Å²) < 4.78 is 0. The topological polar surface area (TPSA) is 52.2 Å². The lowest BCUT2D eigenvalue weighted by Gasteiger charge is -2.40. The summed E-state index contributed by atoms with van der Waals surface area (Å²) in [6.45, 7) is 3.20. The minimum Gasteiger partial charge on any atom is -0.340 e. The Kier molecular flexibility index (Phi) is 4.87. The van der Waals surface area contributed by atoms with Gasteiger partial charge in [0.2, 0.25) is 0 Å². The van der Waals surface area contributed by atoms with Crippen molar-refractivity contribution in [3.63, 3.8) is 0 Å². The maximum Gasteiger partial charge on any atom is 0.254 e. The molecule has 5 nitrogen and oxygen atoms in total. The van der Waals surface area contributed by atoms with Crippen LogP contribution in [0.1, 0.15) is 27.1 Å². The molecule has 1 atom stereocenters. The van der Waals surface area contributed by atoms with Crippen molar-refractivity contribution < 1.29 is 4.79 Å². The van der Waals surface area contributed by atoms with Gasteiger partial charge in [-0.1, -0.05) is 36.4 Å². The molecule has 1 N–H and O–H groups in total. The molecule has 3 heterocycles. The van der Waals surface area contributed by atoms with Gasteiger partial charge in [-0.25, -0.2) is 4.98 Å². The van der Waals surface area contributed by atoms with Crippen LogP contribution in [0.2, 0.25) is 0 Å². The standard InChI is InChI=1S/C23H22N4OS/c28-23(17-7-2-1-3-8-17)27-13-12-26(15-18-9-6-14-29-18)16-21(27)22-24-19-10-4-5-11-20(19)25-22/h1-11,14,21H,12-13,15-16H2,(H,24,25). The van der Waals surface area contributed by atoms with Gasteiger partial charge >= 0.3 is 0 Å². The number of hydrogen-bond acceptors (Lipinski definition) is 4. The summed E-state index contributed by atoms with van der Waals surface area (Å²) in [5, 5.41) is 2.11. The van der Waals surface area contributed by atoms with E-state index in [2.05, 4.69) is 27.4 Å². The Hall–Kier alpha value is -2.96. The van der Waals surface area contributed by atoms with Crippen LogP contribution in [-0.4, -0.2) is 45.3 Å². The Bertz CT molecular complexity index is 1070. The molecular weight excluding hydrogens is 380 g/mol. The zero-order valence-corrected chi connectivity index (χ0v) is 16.8. The molecule has 29 heavy (non-hydrogen) atoms. The first-order valence-electron chi connectivity index (χ1n) is 9.83. The highest BCUT2D eigenvalue weighted by atomic mass is 32.1. The van der Waals surface area contributed by atoms with Crippen molar-refractivity contribution in [2.45, 2.75) is 12.6 Å². The molecule has 2 aromatic carbocycles. The highest BCUT2D eigenvalue weighted by Crippen LogP contribution is 2.28. The SMILES string of the molecule is O=C(c1ccccc1)N1CCN(Cc2cccs2)CC1c1nc2ccccc2[nH]1. The Balaban J connectivity index is 1.47. The second-order valence-electron chi connectivity index (χ2n) is 7.33. The number of para-hydroxylation sites is 2. The van der Waals surface area contributed by atoms with E-state index in [4.69, 9.17) is 4.98 Å². The number of carbonyl (C=O) groups excluding carboxylic acids is 1. The maximum absolute atomic E-state index is 13.3. The lowest BCUT2D eigenvalue weighted by molar-refractivity contribution is 0.0420. The predicted octanol–water partition coefficient (Wildman–Crippen LogP) is 4.32. The molecule has 1 aliphatic heterocycles. The van der Waals surface area contributed by atoms with Crippen LogP contribution in [-0.2, 0) is 6.54 Å². The minimum atomic E-state index is -0.108. The predicted molar refractivity (Wildman–Crippen MR) is 116 cm³/mol. The molecule has 1 aliphatic rings. The second kappa shape index (κ2) is 7.81. The molecule has 2 aromatic heterocycles. The van der Waals surface area contributed by atoms with Crippen molar-refractivity contribution >= 4 is 28.3 Å². The van der Waals surface area contributed by atoms with Gasteiger partial charge in [0.25, 0.3) is 5.91 Å². The van der Waals surface area contributed by atoms with Crippen LogP contribution in [0, 0.1) is 0 Å². The molecule has 0 bridgehead atoms. The van der Waals surface area contributed by atoms with E-state index in [-0.39, 0.29) is 11.9 Å². The second-order valence-corrected chi connectivity index (χ2v) is 8.37. The van der Waals surface area contributed by atoms with Crippen LogP contribution in [0.4, 0.5) is 0 Å². The summed E-state index contributed by atoms with van der Waals surface area (Å²) in [5.41, 5.74) is 2.66. The fourth-order valence-corrected chi connectivity index (χ4v) is 4.71. The lowest BCUT2D eigenvalue weighted by atomic mass is 10.1. The fourth-order valence-electron chi connectivity index (χ4n) is 3.96. The summed E-state index contributed by atoms with van der Waals surface area (Å²) in [7, 11) is 0. The molecule has 1 amide bonds. The molecule has 146 valence electrons. The zero-order chi connectivity index (χ0) is 19.6. The van der Waals surface area contributed by atoms with Gasteiger partial charge < -0.3 is 9.88 Å². The van der Waals surface area contributed by atoms with E-state index in [1.807, 2.05) is 59.5 Å². The first kappa shape index (κ1) is 18.1. The summed E-state index contributed by atoms with van der Waals surface area (Å²) in [5.74, 6) is 0.915. The number of piperazine rings is 1. The van der Waals surface area contributed by atoms with Crippen molar-refractivity contribution in [1.82, 2.24) is 19.8 Å². The Labute approximate surface area is 173 Å². The van der Waals surface area contributed by atoms with Gasteiger partial charge in [0, 0.05) is 36.6 Å². The highest BCUT2D eigenvalue weighted by Gasteiger charge is 2.34. The average molecular weight is 403 g/mol. The number of nitrogens with zero attached hydrogens (tertiary/aromatic N) is 3. The number of imidazole rings is 1. The largest absolute Gasteiger partial charge is 0.340 e. The number of benzene rings is 2. The van der Waals surface area contributed by atoms with Crippen molar-refractivity contribution in [1.29, 1.82) is 0 Å². The third-order valence-electron chi connectivity index (χ3n) is 5.43. The molecule has 0 radical (unpaired) electrons. The Morgan fingerprint density at radius 2 is 1.86 bits per heavy atom. The van der Waals surface area contributed by atoms with Crippen molar-refractivity contribution in [3.8, 4) is 0 Å². The van der Waals surface area contributed by atoms with Gasteiger partial charge in [-0.05, 0) is 35.7 Å². The number of thiophene rings is 1. The number of aromatic amines is 1. The van der Waals surface area contributed by atoms with E-state index in [1.54, 1.807) is 11.3 Å². The van der Waals surface area contributed by atoms with Crippen LogP contribution < -0.4 is 0 Å². The first-order valence-corrected chi connectivity index (χ1v) is 10.7. The smallest absolute Gasteiger partial charge is 0.254 e. The van der Waals surface area contributed by atoms with Gasteiger partial charge in [-0.15, -0.1) is 11.3 Å². The van der Waals surface area contributed by atoms with Gasteiger partial charge in [0.1, 0.15) is 11.9 Å².